The number of aliphatic imine (C=N–C) groups is 2. The van der Waals surface area contributed by atoms with Crippen LogP contribution in [-0.2, 0) is 0 Å². The minimum absolute atomic E-state index is 0.123. The quantitative estimate of drug-likeness (QED) is 0.489. The summed E-state index contributed by atoms with van der Waals surface area (Å²) in [5, 5.41) is 0. The van der Waals surface area contributed by atoms with E-state index in [1.54, 1.807) is 0 Å². The highest BCUT2D eigenvalue weighted by Gasteiger charge is 2.11. The summed E-state index contributed by atoms with van der Waals surface area (Å²) in [7, 11) is 0. The van der Waals surface area contributed by atoms with Gasteiger partial charge in [0.15, 0.2) is 0 Å². The third-order valence-electron chi connectivity index (χ3n) is 0.927. The Morgan fingerprint density at radius 1 is 1.38 bits per heavy atom. The van der Waals surface area contributed by atoms with Gasteiger partial charge >= 0.3 is 0 Å². The Morgan fingerprint density at radius 2 is 1.88 bits per heavy atom. The van der Waals surface area contributed by atoms with Crippen LogP contribution in [0, 0.1) is 0 Å². The summed E-state index contributed by atoms with van der Waals surface area (Å²) in [5.41, 5.74) is -0.123. The Balaban J connectivity index is 3.70. The van der Waals surface area contributed by atoms with Crippen LogP contribution in [0.4, 0.5) is 0 Å². The number of nitrogens with zero attached hydrogens (tertiary/aromatic N) is 2. The van der Waals surface area contributed by atoms with Crippen molar-refractivity contribution in [2.24, 2.45) is 9.98 Å². The zero-order valence-corrected chi connectivity index (χ0v) is 5.52. The van der Waals surface area contributed by atoms with E-state index in [0.29, 0.717) is 6.54 Å². The van der Waals surface area contributed by atoms with Crippen LogP contribution >= 0.6 is 0 Å². The first-order valence-corrected chi connectivity index (χ1v) is 2.53. The smallest absolute Gasteiger partial charge is 0.0739 e. The van der Waals surface area contributed by atoms with Gasteiger partial charge in [0.25, 0.3) is 0 Å². The minimum atomic E-state index is -0.123. The van der Waals surface area contributed by atoms with Crippen molar-refractivity contribution in [1.29, 1.82) is 0 Å². The van der Waals surface area contributed by atoms with Crippen LogP contribution in [0.2, 0.25) is 0 Å². The standard InChI is InChI=1S/C6H12N2/c1-6(2,8-4)5-7-3/h3-5H2,1-2H3. The molecule has 0 aromatic rings. The van der Waals surface area contributed by atoms with E-state index >= 15 is 0 Å². The second kappa shape index (κ2) is 2.60. The Bertz CT molecular complexity index is 94.7. The van der Waals surface area contributed by atoms with Gasteiger partial charge in [-0.1, -0.05) is 0 Å². The van der Waals surface area contributed by atoms with Crippen molar-refractivity contribution in [3.63, 3.8) is 0 Å². The van der Waals surface area contributed by atoms with Gasteiger partial charge in [0.05, 0.1) is 12.1 Å². The molecular formula is C6H12N2. The maximum atomic E-state index is 3.83. The van der Waals surface area contributed by atoms with Gasteiger partial charge in [-0.25, -0.2) is 0 Å². The second-order valence-electron chi connectivity index (χ2n) is 2.35. The summed E-state index contributed by atoms with van der Waals surface area (Å²) < 4.78 is 0. The van der Waals surface area contributed by atoms with Crippen LogP contribution in [0.25, 0.3) is 0 Å². The molecule has 0 spiro atoms. The van der Waals surface area contributed by atoms with E-state index in [1.165, 1.54) is 0 Å². The van der Waals surface area contributed by atoms with E-state index in [1.807, 2.05) is 13.8 Å². The molecule has 0 aromatic heterocycles. The third-order valence-corrected chi connectivity index (χ3v) is 0.927. The largest absolute Gasteiger partial charge is 0.298 e. The number of hydrogen-bond donors (Lipinski definition) is 0. The molecule has 0 aliphatic heterocycles. The highest BCUT2D eigenvalue weighted by atomic mass is 14.9. The molecule has 0 aliphatic rings. The van der Waals surface area contributed by atoms with Gasteiger partial charge in [0.2, 0.25) is 0 Å². The summed E-state index contributed by atoms with van der Waals surface area (Å²) in [6.45, 7) is 11.4. The first kappa shape index (κ1) is 7.34. The van der Waals surface area contributed by atoms with Crippen LogP contribution in [-0.4, -0.2) is 25.5 Å². The van der Waals surface area contributed by atoms with E-state index in [2.05, 4.69) is 23.4 Å². The lowest BCUT2D eigenvalue weighted by molar-refractivity contribution is 0.543. The lowest BCUT2D eigenvalue weighted by Crippen LogP contribution is -2.19. The topological polar surface area (TPSA) is 24.7 Å². The fraction of sp³-hybridized carbons (Fsp3) is 0.667. The SMILES string of the molecule is C=NCC(C)(C)N=C. The monoisotopic (exact) mass is 112 g/mol. The second-order valence-corrected chi connectivity index (χ2v) is 2.35. The molecule has 0 radical (unpaired) electrons. The lowest BCUT2D eigenvalue weighted by atomic mass is 10.1. The normalized spacial score (nSPS) is 10.8. The molecule has 0 aromatic carbocycles. The van der Waals surface area contributed by atoms with Crippen molar-refractivity contribution in [3.05, 3.63) is 0 Å². The van der Waals surface area contributed by atoms with Crippen LogP contribution in [0.15, 0.2) is 9.98 Å². The first-order valence-electron chi connectivity index (χ1n) is 2.53. The van der Waals surface area contributed by atoms with Crippen molar-refractivity contribution in [2.75, 3.05) is 6.54 Å². The van der Waals surface area contributed by atoms with Gasteiger partial charge in [0, 0.05) is 0 Å². The van der Waals surface area contributed by atoms with Crippen LogP contribution in [0.5, 0.6) is 0 Å². The van der Waals surface area contributed by atoms with Crippen molar-refractivity contribution in [2.45, 2.75) is 19.4 Å². The summed E-state index contributed by atoms with van der Waals surface area (Å²) >= 11 is 0. The number of hydrogen-bond acceptors (Lipinski definition) is 2. The van der Waals surface area contributed by atoms with Gasteiger partial charge < -0.3 is 0 Å². The molecule has 0 aliphatic carbocycles. The van der Waals surface area contributed by atoms with E-state index in [9.17, 15) is 0 Å². The van der Waals surface area contributed by atoms with Gasteiger partial charge in [-0.05, 0) is 27.3 Å². The maximum absolute atomic E-state index is 3.83. The maximum Gasteiger partial charge on any atom is 0.0739 e. The van der Waals surface area contributed by atoms with Crippen LogP contribution in [0.3, 0.4) is 0 Å². The lowest BCUT2D eigenvalue weighted by Gasteiger charge is -2.13. The fourth-order valence-electron chi connectivity index (χ4n) is 0.324. The van der Waals surface area contributed by atoms with E-state index in [4.69, 9.17) is 0 Å². The van der Waals surface area contributed by atoms with Gasteiger partial charge in [-0.15, -0.1) is 0 Å². The molecular weight excluding hydrogens is 100 g/mol. The fourth-order valence-corrected chi connectivity index (χ4v) is 0.324. The highest BCUT2D eigenvalue weighted by molar-refractivity contribution is 5.27. The third kappa shape index (κ3) is 2.50. The molecule has 0 bridgehead atoms. The van der Waals surface area contributed by atoms with Gasteiger partial charge in [-0.2, -0.15) is 0 Å². The summed E-state index contributed by atoms with van der Waals surface area (Å²) in [6.07, 6.45) is 0. The number of rotatable bonds is 3. The summed E-state index contributed by atoms with van der Waals surface area (Å²) in [5.74, 6) is 0. The van der Waals surface area contributed by atoms with E-state index in [0.717, 1.165) is 0 Å². The summed E-state index contributed by atoms with van der Waals surface area (Å²) in [6, 6.07) is 0. The van der Waals surface area contributed by atoms with Gasteiger partial charge in [0.1, 0.15) is 0 Å². The molecule has 0 rings (SSSR count). The molecule has 0 unspecified atom stereocenters. The highest BCUT2D eigenvalue weighted by Crippen LogP contribution is 2.06. The molecule has 0 heterocycles. The molecule has 0 atom stereocenters. The minimum Gasteiger partial charge on any atom is -0.298 e. The molecule has 8 heavy (non-hydrogen) atoms. The predicted octanol–water partition coefficient (Wildman–Crippen LogP) is 1.17. The molecule has 46 valence electrons. The molecule has 2 nitrogen and oxygen atoms in total. The first-order chi connectivity index (χ1) is 3.62. The van der Waals surface area contributed by atoms with Gasteiger partial charge in [-0.3, -0.25) is 9.98 Å². The van der Waals surface area contributed by atoms with E-state index in [-0.39, 0.29) is 5.54 Å². The molecule has 0 saturated carbocycles. The Morgan fingerprint density at radius 3 is 2.00 bits per heavy atom. The Labute approximate surface area is 50.4 Å². The molecule has 2 heteroatoms. The van der Waals surface area contributed by atoms with Crippen LogP contribution < -0.4 is 0 Å². The van der Waals surface area contributed by atoms with Crippen molar-refractivity contribution < 1.29 is 0 Å². The zero-order chi connectivity index (χ0) is 6.62. The molecule has 0 saturated heterocycles. The summed E-state index contributed by atoms with van der Waals surface area (Å²) in [4.78, 5) is 7.52. The van der Waals surface area contributed by atoms with Crippen molar-refractivity contribution in [3.8, 4) is 0 Å². The molecule has 0 amide bonds. The predicted molar refractivity (Wildman–Crippen MR) is 38.0 cm³/mol. The average molecular weight is 112 g/mol. The van der Waals surface area contributed by atoms with Crippen molar-refractivity contribution >= 4 is 13.4 Å². The van der Waals surface area contributed by atoms with Crippen molar-refractivity contribution in [1.82, 2.24) is 0 Å². The Kier molecular flexibility index (Phi) is 2.38. The Hall–Kier alpha value is -0.660. The molecule has 0 fully saturated rings. The van der Waals surface area contributed by atoms with Crippen LogP contribution in [0.1, 0.15) is 13.8 Å². The molecule has 0 N–H and O–H groups in total. The average Bonchev–Trinajstić information content (AvgIpc) is 1.67. The van der Waals surface area contributed by atoms with E-state index < -0.39 is 0 Å². The zero-order valence-electron chi connectivity index (χ0n) is 5.52.